The molecule has 0 aliphatic carbocycles. The first-order valence-corrected chi connectivity index (χ1v) is 8.26. The van der Waals surface area contributed by atoms with Gasteiger partial charge in [-0.15, -0.1) is 0 Å². The van der Waals surface area contributed by atoms with Crippen molar-refractivity contribution in [2.24, 2.45) is 0 Å². The maximum atomic E-state index is 11.9. The summed E-state index contributed by atoms with van der Waals surface area (Å²) in [7, 11) is 0. The Labute approximate surface area is 141 Å². The summed E-state index contributed by atoms with van der Waals surface area (Å²) in [5.74, 6) is -0.189. The summed E-state index contributed by atoms with van der Waals surface area (Å²) in [4.78, 5) is 36.5. The lowest BCUT2D eigenvalue weighted by Crippen LogP contribution is -2.50. The van der Waals surface area contributed by atoms with E-state index in [4.69, 9.17) is 0 Å². The van der Waals surface area contributed by atoms with Crippen molar-refractivity contribution in [1.29, 1.82) is 0 Å². The second-order valence-corrected chi connectivity index (χ2v) is 5.78. The van der Waals surface area contributed by atoms with Crippen LogP contribution in [-0.4, -0.2) is 42.4 Å². The van der Waals surface area contributed by atoms with Crippen LogP contribution in [0.2, 0.25) is 0 Å². The van der Waals surface area contributed by atoms with E-state index in [-0.39, 0.29) is 24.4 Å². The van der Waals surface area contributed by atoms with E-state index >= 15 is 0 Å². The van der Waals surface area contributed by atoms with E-state index in [1.54, 1.807) is 0 Å². The van der Waals surface area contributed by atoms with Gasteiger partial charge in [-0.1, -0.05) is 19.1 Å². The largest absolute Gasteiger partial charge is 0.350 e. The summed E-state index contributed by atoms with van der Waals surface area (Å²) >= 11 is 0. The molecule has 130 valence electrons. The van der Waals surface area contributed by atoms with Gasteiger partial charge in [-0.3, -0.25) is 9.59 Å². The molecular formula is C17H24N4O3. The lowest BCUT2D eigenvalue weighted by molar-refractivity contribution is -0.122. The Bertz CT molecular complexity index is 586. The van der Waals surface area contributed by atoms with Gasteiger partial charge < -0.3 is 20.9 Å². The SMILES string of the molecule is CCCC(=O)Nc1ccc(CNC(=O)CN2CCCNC2=O)cc1. The van der Waals surface area contributed by atoms with Crippen LogP contribution in [0.4, 0.5) is 10.5 Å². The first-order chi connectivity index (χ1) is 11.6. The highest BCUT2D eigenvalue weighted by Gasteiger charge is 2.19. The number of anilines is 1. The number of urea groups is 1. The van der Waals surface area contributed by atoms with E-state index in [1.807, 2.05) is 31.2 Å². The molecule has 7 heteroatoms. The van der Waals surface area contributed by atoms with Crippen molar-refractivity contribution in [3.63, 3.8) is 0 Å². The molecule has 0 spiro atoms. The van der Waals surface area contributed by atoms with Crippen molar-refractivity contribution < 1.29 is 14.4 Å². The van der Waals surface area contributed by atoms with Crippen LogP contribution in [0.25, 0.3) is 0 Å². The van der Waals surface area contributed by atoms with Gasteiger partial charge in [0.25, 0.3) is 0 Å². The number of amides is 4. The number of rotatable bonds is 7. The summed E-state index contributed by atoms with van der Waals surface area (Å²) in [6, 6.07) is 7.15. The summed E-state index contributed by atoms with van der Waals surface area (Å²) in [6.07, 6.45) is 2.16. The molecule has 1 aromatic carbocycles. The molecule has 1 aliphatic heterocycles. The number of benzene rings is 1. The minimum atomic E-state index is -0.191. The molecule has 24 heavy (non-hydrogen) atoms. The third kappa shape index (κ3) is 5.57. The van der Waals surface area contributed by atoms with Crippen LogP contribution in [0.5, 0.6) is 0 Å². The Kier molecular flexibility index (Phi) is 6.60. The number of nitrogens with zero attached hydrogens (tertiary/aromatic N) is 1. The van der Waals surface area contributed by atoms with Crippen molar-refractivity contribution in [3.8, 4) is 0 Å². The van der Waals surface area contributed by atoms with Gasteiger partial charge in [0.05, 0.1) is 0 Å². The molecule has 2 rings (SSSR count). The average molecular weight is 332 g/mol. The zero-order valence-electron chi connectivity index (χ0n) is 13.9. The molecule has 0 radical (unpaired) electrons. The fourth-order valence-electron chi connectivity index (χ4n) is 2.42. The third-order valence-corrected chi connectivity index (χ3v) is 3.71. The standard InChI is InChI=1S/C17H24N4O3/c1-2-4-15(22)20-14-7-5-13(6-8-14)11-19-16(23)12-21-10-3-9-18-17(21)24/h5-8H,2-4,9-12H2,1H3,(H,18,24)(H,19,23)(H,20,22). The van der Waals surface area contributed by atoms with Gasteiger partial charge in [-0.25, -0.2) is 4.79 Å². The summed E-state index contributed by atoms with van der Waals surface area (Å²) in [5.41, 5.74) is 1.67. The highest BCUT2D eigenvalue weighted by molar-refractivity contribution is 5.90. The lowest BCUT2D eigenvalue weighted by atomic mass is 10.2. The van der Waals surface area contributed by atoms with Crippen LogP contribution in [0.15, 0.2) is 24.3 Å². The van der Waals surface area contributed by atoms with Crippen molar-refractivity contribution in [3.05, 3.63) is 29.8 Å². The highest BCUT2D eigenvalue weighted by atomic mass is 16.2. The molecule has 0 atom stereocenters. The van der Waals surface area contributed by atoms with Crippen LogP contribution >= 0.6 is 0 Å². The average Bonchev–Trinajstić information content (AvgIpc) is 2.56. The second kappa shape index (κ2) is 8.90. The molecule has 7 nitrogen and oxygen atoms in total. The van der Waals surface area contributed by atoms with Crippen LogP contribution in [-0.2, 0) is 16.1 Å². The topological polar surface area (TPSA) is 90.5 Å². The van der Waals surface area contributed by atoms with E-state index in [0.717, 1.165) is 24.1 Å². The van der Waals surface area contributed by atoms with Gasteiger partial charge >= 0.3 is 6.03 Å². The Morgan fingerprint density at radius 3 is 2.62 bits per heavy atom. The molecule has 1 aromatic rings. The third-order valence-electron chi connectivity index (χ3n) is 3.71. The molecule has 1 saturated heterocycles. The molecule has 0 aromatic heterocycles. The Morgan fingerprint density at radius 1 is 1.21 bits per heavy atom. The van der Waals surface area contributed by atoms with Crippen LogP contribution in [0, 0.1) is 0 Å². The molecule has 0 saturated carbocycles. The molecular weight excluding hydrogens is 308 g/mol. The number of carbonyl (C=O) groups excluding carboxylic acids is 3. The Balaban J connectivity index is 1.76. The fraction of sp³-hybridized carbons (Fsp3) is 0.471. The van der Waals surface area contributed by atoms with E-state index in [9.17, 15) is 14.4 Å². The minimum absolute atomic E-state index is 0.00152. The minimum Gasteiger partial charge on any atom is -0.350 e. The second-order valence-electron chi connectivity index (χ2n) is 5.78. The lowest BCUT2D eigenvalue weighted by Gasteiger charge is -2.26. The van der Waals surface area contributed by atoms with Crippen molar-refractivity contribution in [2.45, 2.75) is 32.7 Å². The molecule has 0 unspecified atom stereocenters. The highest BCUT2D eigenvalue weighted by Crippen LogP contribution is 2.10. The van der Waals surface area contributed by atoms with Crippen molar-refractivity contribution >= 4 is 23.5 Å². The maximum Gasteiger partial charge on any atom is 0.317 e. The van der Waals surface area contributed by atoms with Gasteiger partial charge in [0, 0.05) is 31.7 Å². The van der Waals surface area contributed by atoms with Gasteiger partial charge in [-0.2, -0.15) is 0 Å². The van der Waals surface area contributed by atoms with E-state index in [2.05, 4.69) is 16.0 Å². The number of hydrogen-bond acceptors (Lipinski definition) is 3. The van der Waals surface area contributed by atoms with Gasteiger partial charge in [0.15, 0.2) is 0 Å². The summed E-state index contributed by atoms with van der Waals surface area (Å²) in [6.45, 7) is 3.68. The summed E-state index contributed by atoms with van der Waals surface area (Å²) < 4.78 is 0. The van der Waals surface area contributed by atoms with Gasteiger partial charge in [0.1, 0.15) is 6.54 Å². The smallest absolute Gasteiger partial charge is 0.317 e. The van der Waals surface area contributed by atoms with Crippen molar-refractivity contribution in [1.82, 2.24) is 15.5 Å². The molecule has 0 bridgehead atoms. The number of nitrogens with one attached hydrogen (secondary N) is 3. The monoisotopic (exact) mass is 332 g/mol. The summed E-state index contributed by atoms with van der Waals surface area (Å²) in [5, 5.41) is 8.33. The predicted molar refractivity (Wildman–Crippen MR) is 91.4 cm³/mol. The molecule has 3 N–H and O–H groups in total. The van der Waals surface area contributed by atoms with Crippen LogP contribution in [0.3, 0.4) is 0 Å². The molecule has 4 amide bonds. The zero-order valence-corrected chi connectivity index (χ0v) is 13.9. The number of carbonyl (C=O) groups is 3. The van der Waals surface area contributed by atoms with Crippen LogP contribution in [0.1, 0.15) is 31.7 Å². The fourth-order valence-corrected chi connectivity index (χ4v) is 2.42. The van der Waals surface area contributed by atoms with Gasteiger partial charge in [-0.05, 0) is 30.5 Å². The molecule has 1 aliphatic rings. The van der Waals surface area contributed by atoms with Crippen LogP contribution < -0.4 is 16.0 Å². The van der Waals surface area contributed by atoms with E-state index < -0.39 is 0 Å². The number of hydrogen-bond donors (Lipinski definition) is 3. The quantitative estimate of drug-likeness (QED) is 0.706. The Morgan fingerprint density at radius 2 is 1.96 bits per heavy atom. The predicted octanol–water partition coefficient (Wildman–Crippen LogP) is 1.46. The van der Waals surface area contributed by atoms with E-state index in [0.29, 0.717) is 26.1 Å². The normalized spacial score (nSPS) is 14.0. The zero-order chi connectivity index (χ0) is 17.4. The first kappa shape index (κ1) is 17.8. The molecule has 1 fully saturated rings. The molecule has 1 heterocycles. The van der Waals surface area contributed by atoms with E-state index in [1.165, 1.54) is 4.90 Å². The Hall–Kier alpha value is -2.57. The van der Waals surface area contributed by atoms with Crippen molar-refractivity contribution in [2.75, 3.05) is 25.0 Å². The maximum absolute atomic E-state index is 11.9. The first-order valence-electron chi connectivity index (χ1n) is 8.26. The van der Waals surface area contributed by atoms with Gasteiger partial charge in [0.2, 0.25) is 11.8 Å².